The first-order chi connectivity index (χ1) is 10.3. The number of hydrogen-bond donors (Lipinski definition) is 2. The number of rotatable bonds is 2. The number of para-hydroxylation sites is 2. The van der Waals surface area contributed by atoms with E-state index in [4.69, 9.17) is 5.73 Å². The molecule has 2 aromatic carbocycles. The Morgan fingerprint density at radius 3 is 2.62 bits per heavy atom. The average Bonchev–Trinajstić information content (AvgIpc) is 2.89. The molecule has 2 aliphatic rings. The second-order valence-electron chi connectivity index (χ2n) is 5.75. The van der Waals surface area contributed by atoms with E-state index in [1.54, 1.807) is 0 Å². The number of anilines is 3. The Balaban J connectivity index is 1.73. The number of allylic oxidation sites excluding steroid dienone is 4. The monoisotopic (exact) mass is 274 g/mol. The minimum absolute atomic E-state index is 0.528. The lowest BCUT2D eigenvalue weighted by atomic mass is 9.89. The molecule has 0 radical (unpaired) electrons. The van der Waals surface area contributed by atoms with Crippen molar-refractivity contribution in [1.29, 1.82) is 0 Å². The van der Waals surface area contributed by atoms with Crippen LogP contribution in [0, 0.1) is 5.92 Å². The Bertz CT molecular complexity index is 743. The molecular weight excluding hydrogens is 256 g/mol. The molecule has 0 spiro atoms. The lowest BCUT2D eigenvalue weighted by Gasteiger charge is -2.15. The van der Waals surface area contributed by atoms with Crippen LogP contribution >= 0.6 is 0 Å². The van der Waals surface area contributed by atoms with Crippen molar-refractivity contribution in [3.8, 4) is 0 Å². The summed E-state index contributed by atoms with van der Waals surface area (Å²) in [6.45, 7) is 0. The Kier molecular flexibility index (Phi) is 2.81. The van der Waals surface area contributed by atoms with E-state index in [-0.39, 0.29) is 0 Å². The van der Waals surface area contributed by atoms with Gasteiger partial charge in [0.2, 0.25) is 0 Å². The minimum atomic E-state index is 0.528. The first kappa shape index (κ1) is 12.3. The van der Waals surface area contributed by atoms with Gasteiger partial charge in [0.25, 0.3) is 0 Å². The fourth-order valence-electron chi connectivity index (χ4n) is 3.44. The number of hydrogen-bond acceptors (Lipinski definition) is 2. The fraction of sp³-hybridized carbons (Fsp3) is 0.158. The van der Waals surface area contributed by atoms with Gasteiger partial charge in [0.05, 0.1) is 11.4 Å². The molecule has 0 saturated heterocycles. The molecule has 2 atom stereocenters. The molecule has 0 bridgehead atoms. The third kappa shape index (κ3) is 2.04. The zero-order valence-electron chi connectivity index (χ0n) is 11.8. The van der Waals surface area contributed by atoms with Crippen LogP contribution in [0.5, 0.6) is 0 Å². The van der Waals surface area contributed by atoms with Gasteiger partial charge in [0.15, 0.2) is 0 Å². The van der Waals surface area contributed by atoms with Crippen LogP contribution in [0.4, 0.5) is 17.1 Å². The van der Waals surface area contributed by atoms with Crippen LogP contribution in [-0.4, -0.2) is 0 Å². The van der Waals surface area contributed by atoms with Crippen molar-refractivity contribution < 1.29 is 0 Å². The summed E-state index contributed by atoms with van der Waals surface area (Å²) >= 11 is 0. The van der Waals surface area contributed by atoms with E-state index in [1.165, 1.54) is 16.8 Å². The van der Waals surface area contributed by atoms with Gasteiger partial charge in [-0.1, -0.05) is 48.6 Å². The highest BCUT2D eigenvalue weighted by Gasteiger charge is 2.31. The molecule has 2 aliphatic carbocycles. The van der Waals surface area contributed by atoms with Crippen LogP contribution in [0.2, 0.25) is 0 Å². The van der Waals surface area contributed by atoms with Crippen molar-refractivity contribution in [3.05, 3.63) is 77.9 Å². The Morgan fingerprint density at radius 2 is 1.71 bits per heavy atom. The minimum Gasteiger partial charge on any atom is -0.397 e. The van der Waals surface area contributed by atoms with Crippen LogP contribution in [0.1, 0.15) is 17.0 Å². The third-order valence-corrected chi connectivity index (χ3v) is 4.49. The summed E-state index contributed by atoms with van der Waals surface area (Å²) in [7, 11) is 0. The van der Waals surface area contributed by atoms with E-state index in [1.807, 2.05) is 24.3 Å². The number of fused-ring (bicyclic) bond motifs is 3. The summed E-state index contributed by atoms with van der Waals surface area (Å²) in [5.41, 5.74) is 11.9. The molecule has 3 N–H and O–H groups in total. The highest BCUT2D eigenvalue weighted by molar-refractivity contribution is 5.75. The van der Waals surface area contributed by atoms with Gasteiger partial charge in [-0.2, -0.15) is 0 Å². The molecule has 2 nitrogen and oxygen atoms in total. The van der Waals surface area contributed by atoms with Crippen LogP contribution in [0.3, 0.4) is 0 Å². The average molecular weight is 274 g/mol. The first-order valence-electron chi connectivity index (χ1n) is 7.41. The first-order valence-corrected chi connectivity index (χ1v) is 7.41. The highest BCUT2D eigenvalue weighted by atomic mass is 14.9. The van der Waals surface area contributed by atoms with Crippen molar-refractivity contribution in [1.82, 2.24) is 0 Å². The number of nitrogens with one attached hydrogen (secondary N) is 1. The molecule has 2 aromatic rings. The van der Waals surface area contributed by atoms with Gasteiger partial charge in [-0.05, 0) is 41.7 Å². The maximum atomic E-state index is 6.05. The smallest absolute Gasteiger partial charge is 0.0617 e. The SMILES string of the molecule is Nc1ccccc1Nc1cccc2c1CC1C=CC=CC21. The predicted molar refractivity (Wildman–Crippen MR) is 88.8 cm³/mol. The number of nitrogen functional groups attached to an aromatic ring is 1. The molecule has 0 aromatic heterocycles. The predicted octanol–water partition coefficient (Wildman–Crippen LogP) is 4.39. The Labute approximate surface area is 125 Å². The van der Waals surface area contributed by atoms with Gasteiger partial charge in [-0.3, -0.25) is 0 Å². The van der Waals surface area contributed by atoms with Gasteiger partial charge < -0.3 is 11.1 Å². The van der Waals surface area contributed by atoms with Crippen molar-refractivity contribution in [2.75, 3.05) is 11.1 Å². The zero-order valence-corrected chi connectivity index (χ0v) is 11.8. The van der Waals surface area contributed by atoms with E-state index in [2.05, 4.69) is 47.8 Å². The van der Waals surface area contributed by atoms with Crippen LogP contribution in [0.15, 0.2) is 66.8 Å². The Hall–Kier alpha value is -2.48. The van der Waals surface area contributed by atoms with E-state index >= 15 is 0 Å². The molecule has 0 amide bonds. The molecule has 21 heavy (non-hydrogen) atoms. The maximum Gasteiger partial charge on any atom is 0.0617 e. The molecular formula is C19H18N2. The molecule has 2 unspecified atom stereocenters. The highest BCUT2D eigenvalue weighted by Crippen LogP contribution is 2.44. The largest absolute Gasteiger partial charge is 0.397 e. The summed E-state index contributed by atoms with van der Waals surface area (Å²) < 4.78 is 0. The van der Waals surface area contributed by atoms with Gasteiger partial charge >= 0.3 is 0 Å². The van der Waals surface area contributed by atoms with Crippen LogP contribution in [-0.2, 0) is 6.42 Å². The molecule has 0 saturated carbocycles. The molecule has 2 heteroatoms. The summed E-state index contributed by atoms with van der Waals surface area (Å²) in [5.74, 6) is 1.13. The standard InChI is InChI=1S/C19H18N2/c20-17-9-3-4-10-19(17)21-18-11-5-8-15-14-7-2-1-6-13(14)12-16(15)18/h1-11,13-14,21H,12,20H2. The third-order valence-electron chi connectivity index (χ3n) is 4.49. The molecule has 0 heterocycles. The van der Waals surface area contributed by atoms with Gasteiger partial charge in [-0.15, -0.1) is 0 Å². The molecule has 0 aliphatic heterocycles. The summed E-state index contributed by atoms with van der Waals surface area (Å²) in [5, 5.41) is 3.51. The van der Waals surface area contributed by atoms with Crippen molar-refractivity contribution in [3.63, 3.8) is 0 Å². The van der Waals surface area contributed by atoms with Crippen molar-refractivity contribution in [2.45, 2.75) is 12.3 Å². The molecule has 104 valence electrons. The normalized spacial score (nSPS) is 21.9. The molecule has 0 fully saturated rings. The van der Waals surface area contributed by atoms with E-state index in [0.29, 0.717) is 11.8 Å². The van der Waals surface area contributed by atoms with Gasteiger partial charge in [0, 0.05) is 11.6 Å². The van der Waals surface area contributed by atoms with Crippen molar-refractivity contribution >= 4 is 17.1 Å². The van der Waals surface area contributed by atoms with Gasteiger partial charge in [-0.25, -0.2) is 0 Å². The second-order valence-corrected chi connectivity index (χ2v) is 5.75. The van der Waals surface area contributed by atoms with E-state index < -0.39 is 0 Å². The lowest BCUT2D eigenvalue weighted by molar-refractivity contribution is 0.630. The Morgan fingerprint density at radius 1 is 0.905 bits per heavy atom. The summed E-state index contributed by atoms with van der Waals surface area (Å²) in [6.07, 6.45) is 10.1. The second kappa shape index (κ2) is 4.81. The fourth-order valence-corrected chi connectivity index (χ4v) is 3.44. The topological polar surface area (TPSA) is 38.0 Å². The molecule has 4 rings (SSSR count). The summed E-state index contributed by atoms with van der Waals surface area (Å²) in [4.78, 5) is 0. The van der Waals surface area contributed by atoms with E-state index in [9.17, 15) is 0 Å². The number of benzene rings is 2. The number of nitrogens with two attached hydrogens (primary N) is 1. The maximum absolute atomic E-state index is 6.05. The van der Waals surface area contributed by atoms with Crippen molar-refractivity contribution in [2.24, 2.45) is 5.92 Å². The van der Waals surface area contributed by atoms with E-state index in [0.717, 1.165) is 17.8 Å². The lowest BCUT2D eigenvalue weighted by Crippen LogP contribution is -2.04. The van der Waals surface area contributed by atoms with Crippen LogP contribution in [0.25, 0.3) is 0 Å². The van der Waals surface area contributed by atoms with Crippen LogP contribution < -0.4 is 11.1 Å². The quantitative estimate of drug-likeness (QED) is 0.797. The summed E-state index contributed by atoms with van der Waals surface area (Å²) in [6, 6.07) is 14.5. The van der Waals surface area contributed by atoms with Gasteiger partial charge in [0.1, 0.15) is 0 Å². The zero-order chi connectivity index (χ0) is 14.2.